The molecule has 0 aromatic rings. The Bertz CT molecular complexity index is 845. The highest BCUT2D eigenvalue weighted by Crippen LogP contribution is 2.53. The maximum Gasteiger partial charge on any atom is 0.309 e. The van der Waals surface area contributed by atoms with Gasteiger partial charge in [0.2, 0.25) is 0 Å². The Kier molecular flexibility index (Phi) is 7.18. The zero-order valence-electron chi connectivity index (χ0n) is 24.0. The Morgan fingerprint density at radius 1 is 0.676 bits per heavy atom. The Labute approximate surface area is 222 Å². The number of carbonyl (C=O) groups excluding carboxylic acids is 2. The van der Waals surface area contributed by atoms with Gasteiger partial charge in [-0.2, -0.15) is 0 Å². The third-order valence-corrected chi connectivity index (χ3v) is 9.48. The lowest BCUT2D eigenvalue weighted by atomic mass is 9.74. The lowest BCUT2D eigenvalue weighted by Gasteiger charge is -2.49. The van der Waals surface area contributed by atoms with Crippen LogP contribution in [0.1, 0.15) is 93.9 Å². The normalized spacial score (nSPS) is 32.4. The summed E-state index contributed by atoms with van der Waals surface area (Å²) in [5.41, 5.74) is -3.01. The van der Waals surface area contributed by atoms with E-state index >= 15 is 0 Å². The van der Waals surface area contributed by atoms with Gasteiger partial charge >= 0.3 is 11.9 Å². The molecule has 37 heavy (non-hydrogen) atoms. The average Bonchev–Trinajstić information content (AvgIpc) is 3.38. The molecule has 2 saturated heterocycles. The van der Waals surface area contributed by atoms with Gasteiger partial charge in [0.25, 0.3) is 0 Å². The standard InChI is InChI=1S/C29H46N2O6/c1-25(2)13-20(14-26(3,4)30(25)34)23(32)36-17-29(12-19-9-10-22(29)11-19)18-37-24(33)21-15-27(5,6)31(35)28(7,8)16-21/h9-10,19-22H,11-18H2,1-8H3/t19-,22+/m1/s1. The van der Waals surface area contributed by atoms with Crippen LogP contribution in [-0.2, 0) is 29.5 Å². The van der Waals surface area contributed by atoms with Crippen molar-refractivity contribution in [1.82, 2.24) is 10.1 Å². The van der Waals surface area contributed by atoms with Gasteiger partial charge in [0.1, 0.15) is 13.2 Å². The van der Waals surface area contributed by atoms with Gasteiger partial charge in [-0.3, -0.25) is 9.59 Å². The molecule has 8 heteroatoms. The van der Waals surface area contributed by atoms with Crippen molar-refractivity contribution in [2.45, 2.75) is 116 Å². The number of esters is 2. The monoisotopic (exact) mass is 518 g/mol. The Hall–Kier alpha value is -1.48. The molecule has 4 aliphatic rings. The number of allylic oxidation sites excluding steroid dienone is 2. The molecule has 0 unspecified atom stereocenters. The van der Waals surface area contributed by atoms with E-state index in [0.29, 0.717) is 31.6 Å². The van der Waals surface area contributed by atoms with E-state index in [2.05, 4.69) is 12.2 Å². The quantitative estimate of drug-likeness (QED) is 0.367. The van der Waals surface area contributed by atoms with Crippen molar-refractivity contribution in [3.05, 3.63) is 12.2 Å². The minimum atomic E-state index is -0.644. The fourth-order valence-corrected chi connectivity index (χ4v) is 7.95. The van der Waals surface area contributed by atoms with Crippen molar-refractivity contribution in [2.75, 3.05) is 13.2 Å². The molecule has 208 valence electrons. The number of piperidine rings is 2. The molecule has 2 bridgehead atoms. The van der Waals surface area contributed by atoms with Crippen LogP contribution < -0.4 is 0 Å². The summed E-state index contributed by atoms with van der Waals surface area (Å²) in [7, 11) is 0. The molecular formula is C29H46N2O6. The summed E-state index contributed by atoms with van der Waals surface area (Å²) in [5.74, 6) is -0.608. The van der Waals surface area contributed by atoms with Crippen molar-refractivity contribution in [1.29, 1.82) is 0 Å². The molecule has 3 fully saturated rings. The second kappa shape index (κ2) is 9.32. The molecule has 0 spiro atoms. The maximum atomic E-state index is 13.2. The molecule has 2 atom stereocenters. The van der Waals surface area contributed by atoms with E-state index in [9.17, 15) is 20.0 Å². The first-order chi connectivity index (χ1) is 16.9. The van der Waals surface area contributed by atoms with Crippen LogP contribution in [0.25, 0.3) is 0 Å². The van der Waals surface area contributed by atoms with E-state index in [4.69, 9.17) is 9.47 Å². The third kappa shape index (κ3) is 5.36. The second-order valence-electron chi connectivity index (χ2n) is 14.8. The smallest absolute Gasteiger partial charge is 0.309 e. The van der Waals surface area contributed by atoms with E-state index in [1.165, 1.54) is 0 Å². The van der Waals surface area contributed by atoms with Gasteiger partial charge < -0.3 is 9.47 Å². The van der Waals surface area contributed by atoms with E-state index in [0.717, 1.165) is 23.0 Å². The molecule has 0 amide bonds. The van der Waals surface area contributed by atoms with Crippen molar-refractivity contribution in [3.8, 4) is 0 Å². The van der Waals surface area contributed by atoms with E-state index < -0.39 is 27.6 Å². The van der Waals surface area contributed by atoms with Gasteiger partial charge in [0, 0.05) is 27.6 Å². The molecule has 1 saturated carbocycles. The lowest BCUT2D eigenvalue weighted by Crippen LogP contribution is -2.59. The highest BCUT2D eigenvalue weighted by atomic mass is 16.6. The second-order valence-corrected chi connectivity index (χ2v) is 14.8. The predicted molar refractivity (Wildman–Crippen MR) is 137 cm³/mol. The molecule has 2 aliphatic carbocycles. The molecule has 2 aliphatic heterocycles. The molecule has 2 heterocycles. The molecule has 8 nitrogen and oxygen atoms in total. The van der Waals surface area contributed by atoms with Crippen LogP contribution in [0.5, 0.6) is 0 Å². The summed E-state index contributed by atoms with van der Waals surface area (Å²) in [5, 5.41) is 27.6. The van der Waals surface area contributed by atoms with Gasteiger partial charge in [0.15, 0.2) is 0 Å². The predicted octanol–water partition coefficient (Wildman–Crippen LogP) is 4.88. The lowest BCUT2D eigenvalue weighted by molar-refractivity contribution is -0.294. The maximum absolute atomic E-state index is 13.2. The number of ether oxygens (including phenoxy) is 2. The van der Waals surface area contributed by atoms with Crippen LogP contribution in [0.2, 0.25) is 0 Å². The molecule has 0 N–H and O–H groups in total. The van der Waals surface area contributed by atoms with Crippen LogP contribution in [0.4, 0.5) is 0 Å². The third-order valence-electron chi connectivity index (χ3n) is 9.48. The Balaban J connectivity index is 1.42. The minimum Gasteiger partial charge on any atom is -0.465 e. The first-order valence-electron chi connectivity index (χ1n) is 13.9. The summed E-state index contributed by atoms with van der Waals surface area (Å²) >= 11 is 0. The topological polar surface area (TPSA) is 98.9 Å². The van der Waals surface area contributed by atoms with Crippen LogP contribution in [0.15, 0.2) is 12.2 Å². The summed E-state index contributed by atoms with van der Waals surface area (Å²) < 4.78 is 11.9. The number of nitrogens with zero attached hydrogens (tertiary/aromatic N) is 2. The SMILES string of the molecule is CC1(C)CC(C(=O)OCC2(COC(=O)C3CC(C)(C)N([O])C(C)(C)C3)C[C@@H]3C=C[C@H]2C3)CC(C)(C)N1[O]. The molecule has 2 radical (unpaired) electrons. The molecular weight excluding hydrogens is 472 g/mol. The van der Waals surface area contributed by atoms with Crippen molar-refractivity contribution >= 4 is 11.9 Å². The van der Waals surface area contributed by atoms with Gasteiger partial charge in [-0.1, -0.05) is 12.2 Å². The van der Waals surface area contributed by atoms with E-state index in [1.54, 1.807) is 0 Å². The first kappa shape index (κ1) is 28.5. The molecule has 4 rings (SSSR count). The number of rotatable bonds is 6. The van der Waals surface area contributed by atoms with E-state index in [-0.39, 0.29) is 42.9 Å². The number of carbonyl (C=O) groups is 2. The highest BCUT2D eigenvalue weighted by Gasteiger charge is 2.53. The van der Waals surface area contributed by atoms with Crippen LogP contribution in [0, 0.1) is 29.1 Å². The van der Waals surface area contributed by atoms with Crippen molar-refractivity contribution in [3.63, 3.8) is 0 Å². The molecule has 0 aromatic heterocycles. The largest absolute Gasteiger partial charge is 0.465 e. The van der Waals surface area contributed by atoms with Gasteiger partial charge in [0.05, 0.1) is 11.8 Å². The van der Waals surface area contributed by atoms with Crippen LogP contribution in [0.3, 0.4) is 0 Å². The van der Waals surface area contributed by atoms with Crippen LogP contribution in [-0.4, -0.2) is 57.4 Å². The first-order valence-corrected chi connectivity index (χ1v) is 13.9. The molecule has 0 aromatic carbocycles. The number of hydrogen-bond acceptors (Lipinski definition) is 6. The van der Waals surface area contributed by atoms with Gasteiger partial charge in [-0.15, -0.1) is 20.5 Å². The average molecular weight is 519 g/mol. The van der Waals surface area contributed by atoms with Crippen molar-refractivity contribution in [2.24, 2.45) is 29.1 Å². The van der Waals surface area contributed by atoms with E-state index in [1.807, 2.05) is 55.4 Å². The summed E-state index contributed by atoms with van der Waals surface area (Å²) in [6, 6.07) is 0. The highest BCUT2D eigenvalue weighted by molar-refractivity contribution is 5.73. The van der Waals surface area contributed by atoms with Gasteiger partial charge in [-0.05, 0) is 106 Å². The fourth-order valence-electron chi connectivity index (χ4n) is 7.95. The number of hydroxylamine groups is 4. The minimum absolute atomic E-state index is 0.200. The summed E-state index contributed by atoms with van der Waals surface area (Å²) in [6.45, 7) is 15.4. The summed E-state index contributed by atoms with van der Waals surface area (Å²) in [4.78, 5) is 26.5. The number of fused-ring (bicyclic) bond motifs is 2. The van der Waals surface area contributed by atoms with Crippen LogP contribution >= 0.6 is 0 Å². The van der Waals surface area contributed by atoms with Gasteiger partial charge in [-0.25, -0.2) is 0 Å². The Morgan fingerprint density at radius 2 is 1.05 bits per heavy atom. The zero-order chi connectivity index (χ0) is 27.6. The fraction of sp³-hybridized carbons (Fsp3) is 0.862. The Morgan fingerprint density at radius 3 is 1.35 bits per heavy atom. The zero-order valence-corrected chi connectivity index (χ0v) is 24.0. The summed E-state index contributed by atoms with van der Waals surface area (Å²) in [6.07, 6.45) is 8.02. The van der Waals surface area contributed by atoms with Crippen molar-refractivity contribution < 1.29 is 29.5 Å². The number of hydrogen-bond donors (Lipinski definition) is 0.